The largest absolute Gasteiger partial charge is 0.498 e. The number of terminal acetylenes is 1. The minimum atomic E-state index is -0.441. The number of ketones is 1. The summed E-state index contributed by atoms with van der Waals surface area (Å²) in [5.41, 5.74) is 1.26. The first kappa shape index (κ1) is 16.0. The Morgan fingerprint density at radius 2 is 2.12 bits per heavy atom. The zero-order valence-corrected chi connectivity index (χ0v) is 14.9. The molecule has 4 rings (SSSR count). The van der Waals surface area contributed by atoms with Gasteiger partial charge in [0.05, 0.1) is 17.8 Å². The van der Waals surface area contributed by atoms with Crippen molar-refractivity contribution in [2.24, 2.45) is 28.6 Å². The van der Waals surface area contributed by atoms with Gasteiger partial charge in [-0.25, -0.2) is 0 Å². The maximum atomic E-state index is 12.5. The molecule has 128 valence electrons. The summed E-state index contributed by atoms with van der Waals surface area (Å²) in [6, 6.07) is 0. The lowest BCUT2D eigenvalue weighted by Gasteiger charge is -2.55. The molecule has 0 aliphatic heterocycles. The smallest absolute Gasteiger partial charge is 0.151 e. The number of hydrogen-bond acceptors (Lipinski definition) is 2. The second-order valence-electron chi connectivity index (χ2n) is 8.35. The summed E-state index contributed by atoms with van der Waals surface area (Å²) in [4.78, 5) is 12.5. The fraction of sp³-hybridized carbons (Fsp3) is 0.682. The van der Waals surface area contributed by atoms with Crippen LogP contribution < -0.4 is 0 Å². The zero-order chi connectivity index (χ0) is 16.9. The lowest BCUT2D eigenvalue weighted by atomic mass is 9.48. The maximum absolute atomic E-state index is 12.5. The van der Waals surface area contributed by atoms with Crippen molar-refractivity contribution in [1.82, 2.24) is 0 Å². The minimum Gasteiger partial charge on any atom is -0.498 e. The quantitative estimate of drug-likeness (QED) is 0.690. The molecule has 0 spiro atoms. The molecule has 0 aromatic heterocycles. The highest BCUT2D eigenvalue weighted by molar-refractivity contribution is 5.90. The van der Waals surface area contributed by atoms with Gasteiger partial charge in [-0.1, -0.05) is 18.9 Å². The van der Waals surface area contributed by atoms with Crippen molar-refractivity contribution >= 4 is 5.78 Å². The van der Waals surface area contributed by atoms with E-state index in [1.807, 2.05) is 0 Å². The maximum Gasteiger partial charge on any atom is 0.151 e. The standard InChI is InChI=1S/C22H28O2/c1-4-22-13-11-18-17(19(22)8-9-20(22)23)7-6-15-14-16(24-5-2)10-12-21(15,18)3/h1,6,14,17-19H,5,7-13H2,2-3H3/t17-,18+,19+,21+,22+/m1/s1. The number of rotatable bonds is 2. The van der Waals surface area contributed by atoms with Gasteiger partial charge >= 0.3 is 0 Å². The lowest BCUT2D eigenvalue weighted by molar-refractivity contribution is -0.128. The predicted octanol–water partition coefficient (Wildman–Crippen LogP) is 4.66. The number of Topliss-reactive ketones (excluding diaryl/α,β-unsaturated/α-hetero) is 1. The number of carbonyl (C=O) groups is 1. The molecule has 0 radical (unpaired) electrons. The fourth-order valence-electron chi connectivity index (χ4n) is 6.32. The van der Waals surface area contributed by atoms with Crippen LogP contribution in [0, 0.1) is 40.9 Å². The van der Waals surface area contributed by atoms with Gasteiger partial charge in [-0.3, -0.25) is 4.79 Å². The summed E-state index contributed by atoms with van der Waals surface area (Å²) in [6.07, 6.45) is 17.6. The zero-order valence-electron chi connectivity index (χ0n) is 14.9. The summed E-state index contributed by atoms with van der Waals surface area (Å²) in [7, 11) is 0. The van der Waals surface area contributed by atoms with Gasteiger partial charge in [-0.15, -0.1) is 6.42 Å². The summed E-state index contributed by atoms with van der Waals surface area (Å²) in [5, 5.41) is 0. The summed E-state index contributed by atoms with van der Waals surface area (Å²) in [5.74, 6) is 6.10. The summed E-state index contributed by atoms with van der Waals surface area (Å²) in [6.45, 7) is 5.24. The molecule has 2 heteroatoms. The van der Waals surface area contributed by atoms with E-state index in [0.29, 0.717) is 30.0 Å². The van der Waals surface area contributed by atoms with E-state index < -0.39 is 5.41 Å². The van der Waals surface area contributed by atoms with Crippen molar-refractivity contribution < 1.29 is 9.53 Å². The molecule has 5 atom stereocenters. The van der Waals surface area contributed by atoms with E-state index in [9.17, 15) is 4.79 Å². The summed E-state index contributed by atoms with van der Waals surface area (Å²) < 4.78 is 5.78. The van der Waals surface area contributed by atoms with Crippen LogP contribution in [0.2, 0.25) is 0 Å². The highest BCUT2D eigenvalue weighted by Gasteiger charge is 2.59. The lowest BCUT2D eigenvalue weighted by Crippen LogP contribution is -2.49. The Balaban J connectivity index is 1.69. The van der Waals surface area contributed by atoms with Gasteiger partial charge in [0.25, 0.3) is 0 Å². The second-order valence-corrected chi connectivity index (χ2v) is 8.35. The molecule has 2 fully saturated rings. The van der Waals surface area contributed by atoms with Crippen LogP contribution in [0.15, 0.2) is 23.5 Å². The Morgan fingerprint density at radius 3 is 2.88 bits per heavy atom. The molecule has 0 amide bonds. The molecule has 0 bridgehead atoms. The average Bonchev–Trinajstić information content (AvgIpc) is 2.93. The molecule has 0 aromatic rings. The van der Waals surface area contributed by atoms with E-state index in [2.05, 4.69) is 31.9 Å². The predicted molar refractivity (Wildman–Crippen MR) is 95.0 cm³/mol. The third kappa shape index (κ3) is 2.00. The molecule has 0 heterocycles. The molecule has 24 heavy (non-hydrogen) atoms. The Morgan fingerprint density at radius 1 is 1.29 bits per heavy atom. The number of fused-ring (bicyclic) bond motifs is 5. The average molecular weight is 324 g/mol. The van der Waals surface area contributed by atoms with Gasteiger partial charge in [-0.2, -0.15) is 0 Å². The van der Waals surface area contributed by atoms with Gasteiger partial charge < -0.3 is 4.74 Å². The topological polar surface area (TPSA) is 26.3 Å². The van der Waals surface area contributed by atoms with E-state index in [4.69, 9.17) is 11.2 Å². The number of hydrogen-bond donors (Lipinski definition) is 0. The van der Waals surface area contributed by atoms with Crippen LogP contribution in [-0.4, -0.2) is 12.4 Å². The molecule has 2 nitrogen and oxygen atoms in total. The fourth-order valence-corrected chi connectivity index (χ4v) is 6.32. The minimum absolute atomic E-state index is 0.232. The normalized spacial score (nSPS) is 43.7. The Hall–Kier alpha value is -1.49. The molecule has 0 aromatic carbocycles. The van der Waals surface area contributed by atoms with Crippen molar-refractivity contribution in [3.63, 3.8) is 0 Å². The molecule has 0 saturated heterocycles. The van der Waals surface area contributed by atoms with E-state index in [0.717, 1.165) is 50.9 Å². The van der Waals surface area contributed by atoms with Crippen molar-refractivity contribution in [2.45, 2.75) is 58.8 Å². The van der Waals surface area contributed by atoms with Crippen molar-refractivity contribution in [3.05, 3.63) is 23.5 Å². The van der Waals surface area contributed by atoms with Crippen LogP contribution in [0.5, 0.6) is 0 Å². The second kappa shape index (κ2) is 5.51. The van der Waals surface area contributed by atoms with Crippen molar-refractivity contribution in [3.8, 4) is 12.3 Å². The van der Waals surface area contributed by atoms with Crippen molar-refractivity contribution in [1.29, 1.82) is 0 Å². The van der Waals surface area contributed by atoms with E-state index in [1.54, 1.807) is 0 Å². The highest BCUT2D eigenvalue weighted by atomic mass is 16.5. The molecule has 0 N–H and O–H groups in total. The number of allylic oxidation sites excluding steroid dienone is 4. The van der Waals surface area contributed by atoms with Gasteiger partial charge in [-0.05, 0) is 73.8 Å². The first-order valence-corrected chi connectivity index (χ1v) is 9.60. The highest BCUT2D eigenvalue weighted by Crippen LogP contribution is 2.63. The Bertz CT molecular complexity index is 664. The first-order chi connectivity index (χ1) is 11.5. The van der Waals surface area contributed by atoms with E-state index in [1.165, 1.54) is 5.57 Å². The Labute approximate surface area is 145 Å². The summed E-state index contributed by atoms with van der Waals surface area (Å²) >= 11 is 0. The Kier molecular flexibility index (Phi) is 3.68. The monoisotopic (exact) mass is 324 g/mol. The van der Waals surface area contributed by atoms with Crippen LogP contribution in [0.25, 0.3) is 0 Å². The third-order valence-corrected chi connectivity index (χ3v) is 7.58. The number of ether oxygens (including phenoxy) is 1. The van der Waals surface area contributed by atoms with Crippen LogP contribution >= 0.6 is 0 Å². The van der Waals surface area contributed by atoms with Crippen LogP contribution in [-0.2, 0) is 9.53 Å². The van der Waals surface area contributed by atoms with E-state index >= 15 is 0 Å². The SMILES string of the molecule is C#C[C@]12CC[C@H]3[C@@H](CC=C4C=C(OCC)CC[C@@]43C)[C@@H]1CCC2=O. The first-order valence-electron chi connectivity index (χ1n) is 9.60. The molecule has 4 aliphatic rings. The van der Waals surface area contributed by atoms with Crippen LogP contribution in [0.4, 0.5) is 0 Å². The van der Waals surface area contributed by atoms with E-state index in [-0.39, 0.29) is 5.41 Å². The molecular weight excluding hydrogens is 296 g/mol. The van der Waals surface area contributed by atoms with Gasteiger partial charge in [0.15, 0.2) is 5.78 Å². The molecular formula is C22H28O2. The van der Waals surface area contributed by atoms with Crippen LogP contribution in [0.1, 0.15) is 58.8 Å². The van der Waals surface area contributed by atoms with Crippen molar-refractivity contribution in [2.75, 3.05) is 6.61 Å². The number of carbonyl (C=O) groups excluding carboxylic acids is 1. The van der Waals surface area contributed by atoms with Gasteiger partial charge in [0.1, 0.15) is 0 Å². The molecule has 4 aliphatic carbocycles. The van der Waals surface area contributed by atoms with Gasteiger partial charge in [0.2, 0.25) is 0 Å². The third-order valence-electron chi connectivity index (χ3n) is 7.58. The molecule has 0 unspecified atom stereocenters. The van der Waals surface area contributed by atoms with Gasteiger partial charge in [0, 0.05) is 12.8 Å². The molecule has 2 saturated carbocycles. The van der Waals surface area contributed by atoms with Crippen LogP contribution in [0.3, 0.4) is 0 Å².